The smallest absolute Gasteiger partial charge is 0.306 e. The van der Waals surface area contributed by atoms with Crippen molar-refractivity contribution < 1.29 is 42.1 Å². The number of hydrogen-bond donors (Lipinski definition) is 0. The van der Waals surface area contributed by atoms with Crippen LogP contribution in [-0.2, 0) is 32.7 Å². The zero-order valence-corrected chi connectivity index (χ0v) is 38.6. The van der Waals surface area contributed by atoms with Crippen molar-refractivity contribution in [3.63, 3.8) is 0 Å². The van der Waals surface area contributed by atoms with E-state index in [2.05, 4.69) is 74.6 Å². The van der Waals surface area contributed by atoms with Crippen molar-refractivity contribution in [2.24, 2.45) is 0 Å². The van der Waals surface area contributed by atoms with Crippen LogP contribution in [0.5, 0.6) is 0 Å². The Hall–Kier alpha value is -2.29. The molecule has 0 aromatic rings. The lowest BCUT2D eigenvalue weighted by molar-refractivity contribution is -0.870. The molecule has 2 atom stereocenters. The molecule has 0 heterocycles. The van der Waals surface area contributed by atoms with Crippen molar-refractivity contribution >= 4 is 19.8 Å². The van der Waals surface area contributed by atoms with Gasteiger partial charge in [0, 0.05) is 12.8 Å². The summed E-state index contributed by atoms with van der Waals surface area (Å²) in [6, 6.07) is 0. The number of unbranched alkanes of at least 4 members (excludes halogenated alkanes) is 17. The first-order valence-electron chi connectivity index (χ1n) is 23.0. The fraction of sp³-hybridized carbons (Fsp3) is 0.750. The van der Waals surface area contributed by atoms with E-state index in [0.717, 1.165) is 57.8 Å². The molecule has 0 N–H and O–H groups in total. The lowest BCUT2D eigenvalue weighted by atomic mass is 10.1. The standard InChI is InChI=1S/C48H86NO8P/c1-6-8-10-12-14-16-18-20-22-24-26-28-30-32-34-36-38-40-47(50)54-44-46(45-56-58(52,53)55-43-42-49(3,4)5)57-48(51)41-39-37-35-33-31-29-27-25-23-21-19-17-15-13-11-9-7-2/h14,16,20,22,26-29,33,35,46H,6-13,15,17-19,21,23-25,30-32,34,36-45H2,1-5H3/b16-14+,22-20+,28-26+,29-27+,35-33+/t46-/m1/s1. The van der Waals surface area contributed by atoms with Crippen LogP contribution < -0.4 is 4.89 Å². The number of esters is 2. The molecular weight excluding hydrogens is 750 g/mol. The van der Waals surface area contributed by atoms with Crippen molar-refractivity contribution in [3.05, 3.63) is 60.8 Å². The highest BCUT2D eigenvalue weighted by Gasteiger charge is 2.21. The minimum Gasteiger partial charge on any atom is -0.756 e. The fourth-order valence-electron chi connectivity index (χ4n) is 5.88. The summed E-state index contributed by atoms with van der Waals surface area (Å²) in [5.74, 6) is -0.915. The van der Waals surface area contributed by atoms with Crippen LogP contribution in [0.2, 0.25) is 0 Å². The molecule has 58 heavy (non-hydrogen) atoms. The molecule has 0 aromatic carbocycles. The second-order valence-electron chi connectivity index (χ2n) is 16.4. The molecule has 0 rings (SSSR count). The average Bonchev–Trinajstić information content (AvgIpc) is 3.17. The number of rotatable bonds is 41. The number of allylic oxidation sites excluding steroid dienone is 10. The van der Waals surface area contributed by atoms with Crippen molar-refractivity contribution in [3.8, 4) is 0 Å². The predicted octanol–water partition coefficient (Wildman–Crippen LogP) is 12.6. The number of ether oxygens (including phenoxy) is 2. The lowest BCUT2D eigenvalue weighted by Crippen LogP contribution is -2.37. The monoisotopic (exact) mass is 836 g/mol. The molecule has 0 aliphatic carbocycles. The largest absolute Gasteiger partial charge is 0.756 e. The molecule has 0 aliphatic heterocycles. The molecule has 0 spiro atoms. The predicted molar refractivity (Wildman–Crippen MR) is 240 cm³/mol. The Morgan fingerprint density at radius 2 is 0.948 bits per heavy atom. The molecule has 0 aromatic heterocycles. The van der Waals surface area contributed by atoms with Crippen LogP contribution in [0.3, 0.4) is 0 Å². The van der Waals surface area contributed by atoms with Crippen molar-refractivity contribution in [2.75, 3.05) is 47.5 Å². The molecular formula is C48H86NO8P. The van der Waals surface area contributed by atoms with E-state index in [0.29, 0.717) is 23.9 Å². The maximum Gasteiger partial charge on any atom is 0.306 e. The molecule has 0 aliphatic rings. The van der Waals surface area contributed by atoms with Gasteiger partial charge in [-0.05, 0) is 77.0 Å². The number of phosphoric ester groups is 1. The summed E-state index contributed by atoms with van der Waals surface area (Å²) >= 11 is 0. The van der Waals surface area contributed by atoms with E-state index in [1.807, 2.05) is 21.1 Å². The van der Waals surface area contributed by atoms with E-state index in [9.17, 15) is 19.0 Å². The molecule has 0 saturated carbocycles. The summed E-state index contributed by atoms with van der Waals surface area (Å²) in [5, 5.41) is 0. The molecule has 0 radical (unpaired) electrons. The molecule has 0 saturated heterocycles. The third-order valence-electron chi connectivity index (χ3n) is 9.51. The van der Waals surface area contributed by atoms with E-state index in [1.165, 1.54) is 83.5 Å². The van der Waals surface area contributed by atoms with E-state index >= 15 is 0 Å². The molecule has 9 nitrogen and oxygen atoms in total. The molecule has 0 bridgehead atoms. The Morgan fingerprint density at radius 3 is 1.47 bits per heavy atom. The normalized spacial score (nSPS) is 14.1. The third-order valence-corrected chi connectivity index (χ3v) is 10.5. The quantitative estimate of drug-likeness (QED) is 0.0197. The van der Waals surface area contributed by atoms with Gasteiger partial charge in [0.25, 0.3) is 7.82 Å². The minimum absolute atomic E-state index is 0.0443. The van der Waals surface area contributed by atoms with Gasteiger partial charge in [-0.1, -0.05) is 152 Å². The first-order valence-corrected chi connectivity index (χ1v) is 24.5. The highest BCUT2D eigenvalue weighted by molar-refractivity contribution is 7.45. The van der Waals surface area contributed by atoms with Gasteiger partial charge in [0.2, 0.25) is 0 Å². The van der Waals surface area contributed by atoms with Crippen LogP contribution in [-0.4, -0.2) is 70.0 Å². The van der Waals surface area contributed by atoms with Gasteiger partial charge < -0.3 is 27.9 Å². The van der Waals surface area contributed by atoms with Crippen LogP contribution in [0.25, 0.3) is 0 Å². The maximum atomic E-state index is 12.7. The van der Waals surface area contributed by atoms with E-state index < -0.39 is 32.5 Å². The Morgan fingerprint density at radius 1 is 0.534 bits per heavy atom. The summed E-state index contributed by atoms with van der Waals surface area (Å²) in [4.78, 5) is 37.5. The number of quaternary nitrogens is 1. The Balaban J connectivity index is 4.45. The van der Waals surface area contributed by atoms with Crippen molar-refractivity contribution in [1.82, 2.24) is 0 Å². The van der Waals surface area contributed by atoms with Gasteiger partial charge in [-0.25, -0.2) is 0 Å². The fourth-order valence-corrected chi connectivity index (χ4v) is 6.60. The lowest BCUT2D eigenvalue weighted by Gasteiger charge is -2.28. The van der Waals surface area contributed by atoms with Crippen LogP contribution in [0.15, 0.2) is 60.8 Å². The number of carbonyl (C=O) groups is 2. The summed E-state index contributed by atoms with van der Waals surface area (Å²) in [6.07, 6.45) is 48.3. The highest BCUT2D eigenvalue weighted by Crippen LogP contribution is 2.38. The molecule has 1 unspecified atom stereocenters. The van der Waals surface area contributed by atoms with Gasteiger partial charge in [-0.15, -0.1) is 0 Å². The zero-order valence-electron chi connectivity index (χ0n) is 37.7. The van der Waals surface area contributed by atoms with Gasteiger partial charge in [-0.2, -0.15) is 0 Å². The third kappa shape index (κ3) is 43.3. The highest BCUT2D eigenvalue weighted by atomic mass is 31.2. The second kappa shape index (κ2) is 40.1. The number of phosphoric acid groups is 1. The summed E-state index contributed by atoms with van der Waals surface area (Å²) in [6.45, 7) is 4.12. The molecule has 336 valence electrons. The van der Waals surface area contributed by atoms with E-state index in [4.69, 9.17) is 18.5 Å². The number of nitrogens with zero attached hydrogens (tertiary/aromatic N) is 1. The summed E-state index contributed by atoms with van der Waals surface area (Å²) in [7, 11) is 1.12. The van der Waals surface area contributed by atoms with Crippen LogP contribution in [0.4, 0.5) is 0 Å². The molecule has 0 amide bonds. The van der Waals surface area contributed by atoms with Gasteiger partial charge in [0.1, 0.15) is 19.8 Å². The summed E-state index contributed by atoms with van der Waals surface area (Å²) < 4.78 is 33.8. The SMILES string of the molecule is CCCCC/C=C/C/C=C/C/C=C/CCCCCCC(=O)OC[C@H](COP(=O)([O-])OCC[N+](C)(C)C)OC(=O)CCC/C=C/C/C=C/CCCCCCCCCCC. The zero-order chi connectivity index (χ0) is 42.8. The Bertz CT molecular complexity index is 1170. The Kier molecular flexibility index (Phi) is 38.5. The first-order chi connectivity index (χ1) is 28.0. The van der Waals surface area contributed by atoms with Crippen molar-refractivity contribution in [1.29, 1.82) is 0 Å². The van der Waals surface area contributed by atoms with Crippen LogP contribution >= 0.6 is 7.82 Å². The van der Waals surface area contributed by atoms with Crippen LogP contribution in [0, 0.1) is 0 Å². The minimum atomic E-state index is -4.64. The number of likely N-dealkylation sites (N-methyl/N-ethyl adjacent to an activating group) is 1. The first kappa shape index (κ1) is 55.7. The topological polar surface area (TPSA) is 111 Å². The van der Waals surface area contributed by atoms with Gasteiger partial charge in [0.15, 0.2) is 6.10 Å². The van der Waals surface area contributed by atoms with Gasteiger partial charge in [0.05, 0.1) is 27.7 Å². The van der Waals surface area contributed by atoms with E-state index in [-0.39, 0.29) is 26.1 Å². The van der Waals surface area contributed by atoms with Crippen molar-refractivity contribution in [2.45, 2.75) is 187 Å². The average molecular weight is 836 g/mol. The van der Waals surface area contributed by atoms with E-state index in [1.54, 1.807) is 0 Å². The molecule has 0 fully saturated rings. The Labute approximate surface area is 356 Å². The number of hydrogen-bond acceptors (Lipinski definition) is 8. The molecule has 10 heteroatoms. The number of carbonyl (C=O) groups excluding carboxylic acids is 2. The van der Waals surface area contributed by atoms with Crippen LogP contribution in [0.1, 0.15) is 181 Å². The van der Waals surface area contributed by atoms with Gasteiger partial charge in [-0.3, -0.25) is 14.2 Å². The maximum absolute atomic E-state index is 12.7. The second-order valence-corrected chi connectivity index (χ2v) is 17.8. The summed E-state index contributed by atoms with van der Waals surface area (Å²) in [5.41, 5.74) is 0. The van der Waals surface area contributed by atoms with Gasteiger partial charge >= 0.3 is 11.9 Å².